The van der Waals surface area contributed by atoms with E-state index in [1.165, 1.54) is 29.2 Å². The van der Waals surface area contributed by atoms with Gasteiger partial charge in [-0.3, -0.25) is 0 Å². The number of carbonyl (C=O) groups is 3. The van der Waals surface area contributed by atoms with Gasteiger partial charge in [0.2, 0.25) is 0 Å². The second-order valence-corrected chi connectivity index (χ2v) is 11.8. The van der Waals surface area contributed by atoms with E-state index in [-0.39, 0.29) is 28.9 Å². The molecule has 0 spiro atoms. The third-order valence-corrected chi connectivity index (χ3v) is 7.81. The van der Waals surface area contributed by atoms with Gasteiger partial charge in [0.1, 0.15) is 19.3 Å². The maximum atomic E-state index is 13.4. The molecule has 3 rings (SSSR count). The van der Waals surface area contributed by atoms with E-state index < -0.39 is 103 Å². The van der Waals surface area contributed by atoms with Crippen molar-refractivity contribution in [2.75, 3.05) is 47.8 Å². The van der Waals surface area contributed by atoms with Crippen molar-refractivity contribution in [2.24, 2.45) is 0 Å². The average molecular weight is 861 g/mol. The topological polar surface area (TPSA) is 121 Å². The minimum atomic E-state index is -5.90. The van der Waals surface area contributed by atoms with Crippen LogP contribution < -0.4 is 20.0 Å². The van der Waals surface area contributed by atoms with Gasteiger partial charge >= 0.3 is 43.2 Å². The average Bonchev–Trinajstić information content (AvgIpc) is 3.13. The van der Waals surface area contributed by atoms with E-state index in [4.69, 9.17) is 14.2 Å². The SMILES string of the molecule is C=CC(=O)OCC(COC(=O)C=C)NC(=O)OCN(CCO)c1ccc(C(c2ccc(N(C(F)(F)F)C(F)(F)F)cc2)c2ccc(N(C(F)(F)F)C(F)(F)F)cc2)cc1. The molecular formula is C36H32F12N4O7. The molecule has 23 heteroatoms. The molecule has 0 aliphatic heterocycles. The number of anilines is 3. The summed E-state index contributed by atoms with van der Waals surface area (Å²) < 4.78 is 175. The molecule has 0 atom stereocenters. The van der Waals surface area contributed by atoms with E-state index in [2.05, 4.69) is 18.5 Å². The van der Waals surface area contributed by atoms with Crippen LogP contribution in [0.2, 0.25) is 0 Å². The summed E-state index contributed by atoms with van der Waals surface area (Å²) in [4.78, 5) is 33.4. The molecule has 0 saturated heterocycles. The first-order valence-corrected chi connectivity index (χ1v) is 16.5. The summed E-state index contributed by atoms with van der Waals surface area (Å²) in [5, 5.41) is 12.0. The number of ether oxygens (including phenoxy) is 3. The molecule has 0 fully saturated rings. The maximum Gasteiger partial charge on any atom is 0.491 e. The molecule has 0 aromatic heterocycles. The van der Waals surface area contributed by atoms with Crippen molar-refractivity contribution >= 4 is 35.1 Å². The molecule has 0 bridgehead atoms. The maximum absolute atomic E-state index is 13.4. The number of nitrogens with zero attached hydrogens (tertiary/aromatic N) is 3. The van der Waals surface area contributed by atoms with Crippen LogP contribution in [0.1, 0.15) is 22.6 Å². The molecule has 0 heterocycles. The van der Waals surface area contributed by atoms with Crippen molar-refractivity contribution in [3.8, 4) is 0 Å². The number of alkyl carbamates (subject to hydrolysis) is 1. The number of nitrogens with one attached hydrogen (secondary N) is 1. The first-order chi connectivity index (χ1) is 27.4. The quantitative estimate of drug-likeness (QED) is 0.0264. The van der Waals surface area contributed by atoms with E-state index >= 15 is 0 Å². The summed E-state index contributed by atoms with van der Waals surface area (Å²) in [6, 6.07) is 9.64. The highest BCUT2D eigenvalue weighted by atomic mass is 19.4. The molecule has 3 aromatic carbocycles. The Morgan fingerprint density at radius 1 is 0.593 bits per heavy atom. The molecular weight excluding hydrogens is 828 g/mol. The summed E-state index contributed by atoms with van der Waals surface area (Å²) in [6.45, 7) is 4.23. The highest BCUT2D eigenvalue weighted by Gasteiger charge is 2.55. The Balaban J connectivity index is 1.98. The Morgan fingerprint density at radius 3 is 1.24 bits per heavy atom. The first-order valence-electron chi connectivity index (χ1n) is 16.5. The molecule has 0 unspecified atom stereocenters. The van der Waals surface area contributed by atoms with Crippen LogP contribution in [0.15, 0.2) is 98.1 Å². The molecule has 0 radical (unpaired) electrons. The largest absolute Gasteiger partial charge is 0.491 e. The molecule has 0 saturated carbocycles. The lowest BCUT2D eigenvalue weighted by Gasteiger charge is -2.30. The number of carbonyl (C=O) groups excluding carboxylic acids is 3. The molecule has 11 nitrogen and oxygen atoms in total. The molecule has 1 amide bonds. The number of hydrogen-bond donors (Lipinski definition) is 2. The fourth-order valence-electron chi connectivity index (χ4n) is 5.31. The third kappa shape index (κ3) is 13.5. The van der Waals surface area contributed by atoms with E-state index in [1.54, 1.807) is 0 Å². The fraction of sp³-hybridized carbons (Fsp3) is 0.306. The second-order valence-electron chi connectivity index (χ2n) is 11.8. The molecule has 2 N–H and O–H groups in total. The van der Waals surface area contributed by atoms with Gasteiger partial charge in [-0.15, -0.1) is 52.7 Å². The number of alkyl halides is 12. The highest BCUT2D eigenvalue weighted by Crippen LogP contribution is 2.42. The normalized spacial score (nSPS) is 12.1. The highest BCUT2D eigenvalue weighted by molar-refractivity contribution is 5.81. The summed E-state index contributed by atoms with van der Waals surface area (Å²) >= 11 is 0. The number of esters is 2. The number of amides is 1. The van der Waals surface area contributed by atoms with Gasteiger partial charge in [-0.05, 0) is 53.1 Å². The third-order valence-electron chi connectivity index (χ3n) is 7.81. The summed E-state index contributed by atoms with van der Waals surface area (Å²) in [7, 11) is 0. The second kappa shape index (κ2) is 19.5. The summed E-state index contributed by atoms with van der Waals surface area (Å²) in [5.74, 6) is -2.95. The van der Waals surface area contributed by atoms with Crippen LogP contribution in [0.5, 0.6) is 0 Å². The van der Waals surface area contributed by atoms with Gasteiger partial charge in [-0.2, -0.15) is 9.80 Å². The summed E-state index contributed by atoms with van der Waals surface area (Å²) in [5.41, 5.74) is -2.38. The van der Waals surface area contributed by atoms with Crippen LogP contribution in [-0.4, -0.2) is 87.5 Å². The molecule has 322 valence electrons. The van der Waals surface area contributed by atoms with Crippen molar-refractivity contribution in [3.63, 3.8) is 0 Å². The van der Waals surface area contributed by atoms with Gasteiger partial charge < -0.3 is 29.5 Å². The van der Waals surface area contributed by atoms with Crippen LogP contribution >= 0.6 is 0 Å². The van der Waals surface area contributed by atoms with Gasteiger partial charge in [0, 0.05) is 30.3 Å². The van der Waals surface area contributed by atoms with Crippen LogP contribution in [0.4, 0.5) is 74.5 Å². The predicted octanol–water partition coefficient (Wildman–Crippen LogP) is 7.87. The number of aliphatic hydroxyl groups excluding tert-OH is 1. The number of rotatable bonds is 17. The van der Waals surface area contributed by atoms with Crippen LogP contribution in [-0.2, 0) is 23.8 Å². The van der Waals surface area contributed by atoms with Crippen LogP contribution in [0, 0.1) is 0 Å². The molecule has 0 aliphatic carbocycles. The van der Waals surface area contributed by atoms with Crippen molar-refractivity contribution < 1.29 is 86.4 Å². The lowest BCUT2D eigenvalue weighted by molar-refractivity contribution is -0.228. The number of halogens is 12. The van der Waals surface area contributed by atoms with Gasteiger partial charge in [0.25, 0.3) is 0 Å². The molecule has 59 heavy (non-hydrogen) atoms. The monoisotopic (exact) mass is 860 g/mol. The Morgan fingerprint density at radius 2 is 0.932 bits per heavy atom. The van der Waals surface area contributed by atoms with Crippen molar-refractivity contribution in [2.45, 2.75) is 37.2 Å². The zero-order valence-electron chi connectivity index (χ0n) is 30.0. The van der Waals surface area contributed by atoms with Crippen molar-refractivity contribution in [3.05, 3.63) is 115 Å². The minimum Gasteiger partial charge on any atom is -0.460 e. The van der Waals surface area contributed by atoms with Gasteiger partial charge in [0.05, 0.1) is 18.0 Å². The predicted molar refractivity (Wildman–Crippen MR) is 184 cm³/mol. The van der Waals surface area contributed by atoms with Crippen molar-refractivity contribution in [1.82, 2.24) is 5.32 Å². The summed E-state index contributed by atoms with van der Waals surface area (Å²) in [6.07, 6.45) is -23.0. The van der Waals surface area contributed by atoms with E-state index in [9.17, 15) is 72.2 Å². The van der Waals surface area contributed by atoms with Crippen LogP contribution in [0.3, 0.4) is 0 Å². The standard InChI is InChI=1S/C36H32F12N4O7/c1-3-29(54)57-19-25(20-58-30(55)4-2)49-32(56)59-21-50(17-18-53)26-11-5-22(6-12-26)31(23-7-13-27(14-8-23)51(33(37,38)39)34(40,41)42)24-9-15-28(16-10-24)52(35(43,44)45)36(46,47)48/h3-16,25,31,53H,1-2,17-21H2,(H,49,56). The molecule has 3 aromatic rings. The zero-order chi connectivity index (χ0) is 44.3. The van der Waals surface area contributed by atoms with Crippen molar-refractivity contribution in [1.29, 1.82) is 0 Å². The van der Waals surface area contributed by atoms with Gasteiger partial charge in [-0.25, -0.2) is 14.4 Å². The number of benzene rings is 3. The lowest BCUT2D eigenvalue weighted by Crippen LogP contribution is -2.48. The first kappa shape index (κ1) is 47.2. The smallest absolute Gasteiger partial charge is 0.460 e. The minimum absolute atomic E-state index is 0.0404. The van der Waals surface area contributed by atoms with E-state index in [0.717, 1.165) is 36.4 Å². The Hall–Kier alpha value is -6.13. The Bertz CT molecular complexity index is 1760. The van der Waals surface area contributed by atoms with Gasteiger partial charge in [-0.1, -0.05) is 49.6 Å². The van der Waals surface area contributed by atoms with E-state index in [1.807, 2.05) is 0 Å². The van der Waals surface area contributed by atoms with Gasteiger partial charge in [0.15, 0.2) is 6.73 Å². The lowest BCUT2D eigenvalue weighted by atomic mass is 9.85. The zero-order valence-corrected chi connectivity index (χ0v) is 30.0. The fourth-order valence-corrected chi connectivity index (χ4v) is 5.31. The molecule has 0 aliphatic rings. The Kier molecular flexibility index (Phi) is 15.7. The number of aliphatic hydroxyl groups is 1. The number of hydrogen-bond acceptors (Lipinski definition) is 10. The van der Waals surface area contributed by atoms with Crippen LogP contribution in [0.25, 0.3) is 0 Å². The Labute approximate surface area is 326 Å². The van der Waals surface area contributed by atoms with E-state index in [0.29, 0.717) is 24.3 Å².